The monoisotopic (exact) mass is 526 g/mol. The molecule has 0 bridgehead atoms. The van der Waals surface area contributed by atoms with Gasteiger partial charge >= 0.3 is 24.1 Å². The second-order valence-corrected chi connectivity index (χ2v) is 9.89. The summed E-state index contributed by atoms with van der Waals surface area (Å²) in [5.41, 5.74) is -0.687. The van der Waals surface area contributed by atoms with Crippen LogP contribution in [0.4, 0.5) is 23.8 Å². The number of halogens is 3. The van der Waals surface area contributed by atoms with E-state index < -0.39 is 28.4 Å². The Morgan fingerprint density at radius 3 is 2.62 bits per heavy atom. The lowest BCUT2D eigenvalue weighted by molar-refractivity contribution is -0.389. The third-order valence-corrected chi connectivity index (χ3v) is 6.72. The van der Waals surface area contributed by atoms with E-state index in [0.29, 0.717) is 57.8 Å². The highest BCUT2D eigenvalue weighted by Crippen LogP contribution is 2.32. The smallest absolute Gasteiger partial charge is 0.416 e. The molecule has 0 saturated carbocycles. The molecule has 4 rings (SSSR count). The molecule has 1 amide bonds. The molecule has 2 aliphatic rings. The Bertz CT molecular complexity index is 1120. The van der Waals surface area contributed by atoms with Crippen LogP contribution < -0.4 is 4.74 Å². The van der Waals surface area contributed by atoms with Gasteiger partial charge in [0.05, 0.1) is 18.2 Å². The van der Waals surface area contributed by atoms with Gasteiger partial charge in [-0.15, -0.1) is 0 Å². The predicted octanol–water partition coefficient (Wildman–Crippen LogP) is 2.80. The highest BCUT2D eigenvalue weighted by Gasteiger charge is 2.41. The van der Waals surface area contributed by atoms with Crippen LogP contribution in [0.5, 0.6) is 6.01 Å². The van der Waals surface area contributed by atoms with E-state index in [2.05, 4.69) is 14.8 Å². The van der Waals surface area contributed by atoms with E-state index in [9.17, 15) is 33.2 Å². The first-order valence-corrected chi connectivity index (χ1v) is 11.8. The highest BCUT2D eigenvalue weighted by molar-refractivity contribution is 5.65. The zero-order valence-electron chi connectivity index (χ0n) is 20.5. The van der Waals surface area contributed by atoms with Crippen LogP contribution in [0, 0.1) is 10.1 Å². The maximum Gasteiger partial charge on any atom is 0.416 e. The van der Waals surface area contributed by atoms with Crippen LogP contribution in [0.3, 0.4) is 0 Å². The quantitative estimate of drug-likeness (QED) is 0.412. The number of nitrogens with zero attached hydrogens (tertiary/aromatic N) is 6. The van der Waals surface area contributed by atoms with Crippen LogP contribution in [0.25, 0.3) is 0 Å². The van der Waals surface area contributed by atoms with E-state index >= 15 is 0 Å². The van der Waals surface area contributed by atoms with Crippen LogP contribution in [0.2, 0.25) is 0 Å². The van der Waals surface area contributed by atoms with Crippen LogP contribution in [0.15, 0.2) is 30.5 Å². The Morgan fingerprint density at radius 1 is 1.32 bits per heavy atom. The number of carbonyl (C=O) groups is 1. The van der Waals surface area contributed by atoms with Gasteiger partial charge < -0.3 is 29.8 Å². The molecule has 37 heavy (non-hydrogen) atoms. The number of piperazine rings is 1. The number of ether oxygens (including phenoxy) is 1. The number of amides is 1. The Kier molecular flexibility index (Phi) is 7.33. The number of rotatable bonds is 8. The highest BCUT2D eigenvalue weighted by atomic mass is 19.4. The van der Waals surface area contributed by atoms with Gasteiger partial charge in [-0.3, -0.25) is 9.47 Å². The molecule has 1 N–H and O–H groups in total. The summed E-state index contributed by atoms with van der Waals surface area (Å²) in [4.78, 5) is 31.6. The first kappa shape index (κ1) is 26.7. The van der Waals surface area contributed by atoms with Crippen molar-refractivity contribution >= 4 is 11.9 Å². The van der Waals surface area contributed by atoms with Gasteiger partial charge in [0.1, 0.15) is 11.8 Å². The minimum Gasteiger partial charge on any atom is -0.465 e. The van der Waals surface area contributed by atoms with Gasteiger partial charge in [-0.25, -0.2) is 4.79 Å². The summed E-state index contributed by atoms with van der Waals surface area (Å²) in [7, 11) is 1.94. The molecule has 2 aliphatic heterocycles. The summed E-state index contributed by atoms with van der Waals surface area (Å²) >= 11 is 0. The summed E-state index contributed by atoms with van der Waals surface area (Å²) in [5.74, 6) is -0.253. The van der Waals surface area contributed by atoms with Gasteiger partial charge in [-0.05, 0) is 43.0 Å². The molecule has 1 aromatic carbocycles. The number of likely N-dealkylation sites (N-methyl/N-ethyl adjacent to an activating group) is 1. The molecule has 3 heterocycles. The number of hydrogen-bond donors (Lipinski definition) is 1. The molecular formula is C23H29F3N6O5. The average molecular weight is 527 g/mol. The molecule has 0 aliphatic carbocycles. The molecule has 0 radical (unpaired) electrons. The topological polar surface area (TPSA) is 117 Å². The van der Waals surface area contributed by atoms with Crippen molar-refractivity contribution in [3.8, 4) is 6.01 Å². The molecule has 14 heteroatoms. The molecule has 0 spiro atoms. The summed E-state index contributed by atoms with van der Waals surface area (Å²) in [6.07, 6.45) is -3.78. The van der Waals surface area contributed by atoms with Crippen molar-refractivity contribution in [2.75, 3.05) is 46.3 Å². The Labute approximate surface area is 211 Å². The molecule has 11 nitrogen and oxygen atoms in total. The average Bonchev–Trinajstić information content (AvgIpc) is 3.32. The number of benzene rings is 1. The predicted molar refractivity (Wildman–Crippen MR) is 126 cm³/mol. The number of hydrogen-bond acceptors (Lipinski definition) is 7. The van der Waals surface area contributed by atoms with Crippen molar-refractivity contribution < 1.29 is 32.7 Å². The lowest BCUT2D eigenvalue weighted by atomic mass is 10.0. The van der Waals surface area contributed by atoms with Crippen LogP contribution >= 0.6 is 0 Å². The summed E-state index contributed by atoms with van der Waals surface area (Å²) in [6.45, 7) is 5.56. The Hall–Kier alpha value is -3.39. The molecule has 1 fully saturated rings. The largest absolute Gasteiger partial charge is 0.465 e. The molecule has 2 atom stereocenters. The van der Waals surface area contributed by atoms with Gasteiger partial charge in [0.15, 0.2) is 0 Å². The van der Waals surface area contributed by atoms with E-state index in [1.165, 1.54) is 23.2 Å². The summed E-state index contributed by atoms with van der Waals surface area (Å²) in [6, 6.07) is 4.68. The second-order valence-electron chi connectivity index (χ2n) is 9.89. The lowest BCUT2D eigenvalue weighted by Gasteiger charge is -2.40. The van der Waals surface area contributed by atoms with Crippen molar-refractivity contribution in [1.29, 1.82) is 0 Å². The van der Waals surface area contributed by atoms with E-state index in [0.717, 1.165) is 12.1 Å². The van der Waals surface area contributed by atoms with E-state index in [1.807, 2.05) is 14.0 Å². The van der Waals surface area contributed by atoms with Gasteiger partial charge in [0.2, 0.25) is 0 Å². The van der Waals surface area contributed by atoms with Gasteiger partial charge in [-0.2, -0.15) is 13.2 Å². The fourth-order valence-corrected chi connectivity index (χ4v) is 4.98. The van der Waals surface area contributed by atoms with Gasteiger partial charge in [0.25, 0.3) is 0 Å². The van der Waals surface area contributed by atoms with E-state index in [1.54, 1.807) is 4.57 Å². The number of carboxylic acid groups (broad SMARTS) is 1. The summed E-state index contributed by atoms with van der Waals surface area (Å²) in [5, 5.41) is 20.5. The maximum atomic E-state index is 12.9. The normalized spacial score (nSPS) is 22.2. The fourth-order valence-electron chi connectivity index (χ4n) is 4.98. The SMILES string of the molecule is CN(CCN1CCN(C(=O)O)C(Cc2ccc(C(F)(F)F)cc2)C1)CC1(C)Cn2cc([N+](=O)[O-])nc2O1. The van der Waals surface area contributed by atoms with Crippen LogP contribution in [0.1, 0.15) is 18.1 Å². The third-order valence-electron chi connectivity index (χ3n) is 6.72. The molecule has 202 valence electrons. The third kappa shape index (κ3) is 6.31. The van der Waals surface area contributed by atoms with Crippen molar-refractivity contribution in [3.63, 3.8) is 0 Å². The van der Waals surface area contributed by atoms with Crippen molar-refractivity contribution in [1.82, 2.24) is 24.3 Å². The lowest BCUT2D eigenvalue weighted by Crippen LogP contribution is -2.56. The number of fused-ring (bicyclic) bond motifs is 1. The molecule has 1 saturated heterocycles. The Morgan fingerprint density at radius 2 is 2.03 bits per heavy atom. The standard InChI is InChI=1S/C23H29F3N6O5/c1-22(15-30-13-19(32(35)36)27-20(30)37-22)14-28(2)7-8-29-9-10-31(21(33)34)18(12-29)11-16-3-5-17(6-4-16)23(24,25)26/h3-6,13,18H,7-12,14-15H2,1-2H3,(H,33,34). The molecule has 2 aromatic rings. The van der Waals surface area contributed by atoms with E-state index in [4.69, 9.17) is 4.74 Å². The van der Waals surface area contributed by atoms with Crippen molar-refractivity contribution in [2.45, 2.75) is 37.7 Å². The maximum absolute atomic E-state index is 12.9. The minimum atomic E-state index is -4.42. The zero-order valence-corrected chi connectivity index (χ0v) is 20.5. The first-order chi connectivity index (χ1) is 17.3. The molecule has 2 unspecified atom stereocenters. The fraction of sp³-hybridized carbons (Fsp3) is 0.565. The van der Waals surface area contributed by atoms with E-state index in [-0.39, 0.29) is 17.9 Å². The Balaban J connectivity index is 1.30. The first-order valence-electron chi connectivity index (χ1n) is 11.8. The number of aromatic nitrogens is 2. The van der Waals surface area contributed by atoms with Crippen LogP contribution in [-0.4, -0.2) is 98.3 Å². The molecule has 1 aromatic heterocycles. The number of imidazole rings is 1. The number of nitro groups is 1. The van der Waals surface area contributed by atoms with Gasteiger partial charge in [0, 0.05) is 44.3 Å². The van der Waals surface area contributed by atoms with Crippen molar-refractivity contribution in [3.05, 3.63) is 51.7 Å². The van der Waals surface area contributed by atoms with Crippen LogP contribution in [-0.2, 0) is 19.1 Å². The number of alkyl halides is 3. The van der Waals surface area contributed by atoms with Crippen molar-refractivity contribution in [2.24, 2.45) is 0 Å². The molecular weight excluding hydrogens is 497 g/mol. The second kappa shape index (κ2) is 10.2. The zero-order chi connectivity index (χ0) is 27.0. The minimum absolute atomic E-state index is 0.221. The summed E-state index contributed by atoms with van der Waals surface area (Å²) < 4.78 is 46.1. The van der Waals surface area contributed by atoms with Gasteiger partial charge in [-0.1, -0.05) is 12.1 Å².